The molecule has 12 heteroatoms. The van der Waals surface area contributed by atoms with Crippen LogP contribution in [0.15, 0.2) is 59.9 Å². The van der Waals surface area contributed by atoms with Crippen molar-refractivity contribution in [3.63, 3.8) is 0 Å². The first-order valence-corrected chi connectivity index (χ1v) is 11.8. The normalized spacial score (nSPS) is 13.7. The lowest BCUT2D eigenvalue weighted by atomic mass is 10.1. The van der Waals surface area contributed by atoms with Gasteiger partial charge in [0.2, 0.25) is 5.88 Å². The summed E-state index contributed by atoms with van der Waals surface area (Å²) in [6, 6.07) is 9.88. The molecule has 0 unspecified atom stereocenters. The molecule has 0 radical (unpaired) electrons. The van der Waals surface area contributed by atoms with Crippen molar-refractivity contribution in [1.29, 1.82) is 0 Å². The van der Waals surface area contributed by atoms with Gasteiger partial charge in [0.25, 0.3) is 5.56 Å². The first kappa shape index (κ1) is 23.8. The van der Waals surface area contributed by atoms with Crippen molar-refractivity contribution in [1.82, 2.24) is 34.5 Å². The van der Waals surface area contributed by atoms with E-state index in [4.69, 9.17) is 9.72 Å². The molecule has 1 aliphatic carbocycles. The summed E-state index contributed by atoms with van der Waals surface area (Å²) >= 11 is 0. The highest BCUT2D eigenvalue weighted by Gasteiger charge is 2.34. The third kappa shape index (κ3) is 4.38. The molecule has 4 aromatic heterocycles. The van der Waals surface area contributed by atoms with Gasteiger partial charge < -0.3 is 9.72 Å². The number of fused-ring (bicyclic) bond motifs is 1. The van der Waals surface area contributed by atoms with E-state index in [1.165, 1.54) is 24.1 Å². The zero-order valence-electron chi connectivity index (χ0n) is 20.0. The standard InChI is InChI=1S/C26H20F3N7O2/c1-38-25-20(21(15-6-7-15)32-13-33-25)23-30-10-17-8-9-19(37)36(24(17)35-23)12-14-2-4-16(5-3-14)22-31-11-18(34-22)26(27,28)29/h2-5,8-11,13,15H,6-7,12H2,1H3,(H,31,34). The summed E-state index contributed by atoms with van der Waals surface area (Å²) in [7, 11) is 1.52. The van der Waals surface area contributed by atoms with Crippen LogP contribution < -0.4 is 10.3 Å². The fraction of sp³-hybridized carbons (Fsp3) is 0.231. The van der Waals surface area contributed by atoms with Crippen LogP contribution >= 0.6 is 0 Å². The van der Waals surface area contributed by atoms with Gasteiger partial charge in [0.1, 0.15) is 23.4 Å². The van der Waals surface area contributed by atoms with Crippen LogP contribution in [0.3, 0.4) is 0 Å². The number of H-pyrrole nitrogens is 1. The second-order valence-electron chi connectivity index (χ2n) is 8.98. The molecular weight excluding hydrogens is 499 g/mol. The smallest absolute Gasteiger partial charge is 0.434 e. The van der Waals surface area contributed by atoms with Crippen LogP contribution in [0, 0.1) is 0 Å². The topological polar surface area (TPSA) is 111 Å². The predicted octanol–water partition coefficient (Wildman–Crippen LogP) is 4.59. The number of imidazole rings is 1. The summed E-state index contributed by atoms with van der Waals surface area (Å²) in [5.74, 6) is 1.13. The largest absolute Gasteiger partial charge is 0.480 e. The molecule has 0 amide bonds. The molecule has 1 fully saturated rings. The van der Waals surface area contributed by atoms with Gasteiger partial charge in [-0.05, 0) is 24.5 Å². The van der Waals surface area contributed by atoms with Crippen LogP contribution in [-0.2, 0) is 12.7 Å². The summed E-state index contributed by atoms with van der Waals surface area (Å²) in [6.07, 6.45) is 1.43. The van der Waals surface area contributed by atoms with Gasteiger partial charge in [-0.25, -0.2) is 24.9 Å². The molecule has 4 heterocycles. The number of aromatic nitrogens is 7. The van der Waals surface area contributed by atoms with Gasteiger partial charge in [-0.1, -0.05) is 24.3 Å². The van der Waals surface area contributed by atoms with Crippen LogP contribution in [0.5, 0.6) is 5.88 Å². The van der Waals surface area contributed by atoms with Crippen molar-refractivity contribution in [2.24, 2.45) is 0 Å². The van der Waals surface area contributed by atoms with Crippen molar-refractivity contribution < 1.29 is 17.9 Å². The van der Waals surface area contributed by atoms with Crippen LogP contribution in [0.4, 0.5) is 13.2 Å². The molecule has 9 nitrogen and oxygen atoms in total. The maximum atomic E-state index is 12.9. The van der Waals surface area contributed by atoms with E-state index in [2.05, 4.69) is 24.9 Å². The number of nitrogens with zero attached hydrogens (tertiary/aromatic N) is 6. The Morgan fingerprint density at radius 3 is 2.53 bits per heavy atom. The second-order valence-corrected chi connectivity index (χ2v) is 8.98. The van der Waals surface area contributed by atoms with E-state index in [0.29, 0.717) is 39.8 Å². The molecular formula is C26H20F3N7O2. The zero-order chi connectivity index (χ0) is 26.4. The van der Waals surface area contributed by atoms with E-state index < -0.39 is 11.9 Å². The SMILES string of the molecule is COc1ncnc(C2CC2)c1-c1ncc2ccc(=O)n(Cc3ccc(-c4nc(C(F)(F)F)c[nH]4)cc3)c2n1. The minimum absolute atomic E-state index is 0.106. The number of rotatable bonds is 6. The Kier molecular flexibility index (Phi) is 5.66. The van der Waals surface area contributed by atoms with Crippen molar-refractivity contribution >= 4 is 11.0 Å². The fourth-order valence-electron chi connectivity index (χ4n) is 4.32. The van der Waals surface area contributed by atoms with Gasteiger partial charge in [0.05, 0.1) is 19.3 Å². The quantitative estimate of drug-likeness (QED) is 0.349. The lowest BCUT2D eigenvalue weighted by molar-refractivity contribution is -0.140. The maximum absolute atomic E-state index is 12.9. The third-order valence-corrected chi connectivity index (χ3v) is 6.38. The molecule has 192 valence electrons. The molecule has 1 aliphatic rings. The molecule has 1 aromatic carbocycles. The summed E-state index contributed by atoms with van der Waals surface area (Å²) in [6.45, 7) is 0.191. The number of methoxy groups -OCH3 is 1. The van der Waals surface area contributed by atoms with Gasteiger partial charge in [-0.2, -0.15) is 13.2 Å². The monoisotopic (exact) mass is 519 g/mol. The number of hydrogen-bond acceptors (Lipinski definition) is 7. The Labute approximate surface area is 213 Å². The molecule has 1 N–H and O–H groups in total. The molecule has 1 saturated carbocycles. The van der Waals surface area contributed by atoms with Gasteiger partial charge in [-0.15, -0.1) is 0 Å². The highest BCUT2D eigenvalue weighted by Crippen LogP contribution is 2.44. The van der Waals surface area contributed by atoms with E-state index in [1.54, 1.807) is 36.5 Å². The number of benzene rings is 1. The average Bonchev–Trinajstić information content (AvgIpc) is 3.64. The fourth-order valence-corrected chi connectivity index (χ4v) is 4.32. The number of nitrogens with one attached hydrogen (secondary N) is 1. The Hall–Kier alpha value is -4.61. The number of alkyl halides is 3. The molecule has 0 spiro atoms. The van der Waals surface area contributed by atoms with E-state index in [1.807, 2.05) is 0 Å². The van der Waals surface area contributed by atoms with E-state index in [-0.39, 0.29) is 17.9 Å². The second kappa shape index (κ2) is 9.05. The van der Waals surface area contributed by atoms with Crippen LogP contribution in [-0.4, -0.2) is 41.6 Å². The lowest BCUT2D eigenvalue weighted by Crippen LogP contribution is -2.21. The van der Waals surface area contributed by atoms with Crippen molar-refractivity contribution in [2.75, 3.05) is 7.11 Å². The van der Waals surface area contributed by atoms with E-state index >= 15 is 0 Å². The molecule has 0 aliphatic heterocycles. The summed E-state index contributed by atoms with van der Waals surface area (Å²) in [5, 5.41) is 0.670. The number of pyridine rings is 1. The predicted molar refractivity (Wildman–Crippen MR) is 131 cm³/mol. The summed E-state index contributed by atoms with van der Waals surface area (Å²) in [4.78, 5) is 37.0. The number of halogens is 3. The number of hydrogen-bond donors (Lipinski definition) is 1. The molecule has 38 heavy (non-hydrogen) atoms. The molecule has 6 rings (SSSR count). The van der Waals surface area contributed by atoms with Crippen LogP contribution in [0.25, 0.3) is 33.8 Å². The highest BCUT2D eigenvalue weighted by atomic mass is 19.4. The van der Waals surface area contributed by atoms with Crippen molar-refractivity contribution in [2.45, 2.75) is 31.5 Å². The first-order valence-electron chi connectivity index (χ1n) is 11.8. The van der Waals surface area contributed by atoms with E-state index in [0.717, 1.165) is 30.3 Å². The highest BCUT2D eigenvalue weighted by molar-refractivity contribution is 5.78. The molecule has 0 saturated heterocycles. The minimum Gasteiger partial charge on any atom is -0.480 e. The van der Waals surface area contributed by atoms with Crippen LogP contribution in [0.1, 0.15) is 35.7 Å². The average molecular weight is 519 g/mol. The molecule has 0 bridgehead atoms. The first-order chi connectivity index (χ1) is 18.3. The van der Waals surface area contributed by atoms with Crippen molar-refractivity contribution in [3.8, 4) is 28.7 Å². The Morgan fingerprint density at radius 2 is 1.84 bits per heavy atom. The van der Waals surface area contributed by atoms with Gasteiger partial charge in [0, 0.05) is 35.3 Å². The third-order valence-electron chi connectivity index (χ3n) is 6.38. The molecule has 0 atom stereocenters. The summed E-state index contributed by atoms with van der Waals surface area (Å²) in [5.41, 5.74) is 1.87. The van der Waals surface area contributed by atoms with Gasteiger partial charge in [0.15, 0.2) is 11.5 Å². The Balaban J connectivity index is 1.37. The minimum atomic E-state index is -4.53. The number of ether oxygens (including phenoxy) is 1. The van der Waals surface area contributed by atoms with E-state index in [9.17, 15) is 18.0 Å². The van der Waals surface area contributed by atoms with Crippen LogP contribution in [0.2, 0.25) is 0 Å². The van der Waals surface area contributed by atoms with Gasteiger partial charge >= 0.3 is 6.18 Å². The molecule has 5 aromatic rings. The Bertz CT molecular complexity index is 1710. The zero-order valence-corrected chi connectivity index (χ0v) is 20.0. The summed E-state index contributed by atoms with van der Waals surface area (Å²) < 4.78 is 45.7. The maximum Gasteiger partial charge on any atom is 0.434 e. The Morgan fingerprint density at radius 1 is 1.05 bits per heavy atom. The van der Waals surface area contributed by atoms with Gasteiger partial charge in [-0.3, -0.25) is 9.36 Å². The van der Waals surface area contributed by atoms with Crippen molar-refractivity contribution in [3.05, 3.63) is 82.4 Å². The number of aromatic amines is 1. The lowest BCUT2D eigenvalue weighted by Gasteiger charge is -2.13.